The van der Waals surface area contributed by atoms with Crippen LogP contribution in [0.5, 0.6) is 0 Å². The van der Waals surface area contributed by atoms with Gasteiger partial charge in [-0.05, 0) is 32.7 Å². The van der Waals surface area contributed by atoms with Crippen molar-refractivity contribution in [1.82, 2.24) is 5.32 Å². The van der Waals surface area contributed by atoms with Crippen LogP contribution < -0.4 is 5.32 Å². The molecule has 0 atom stereocenters. The van der Waals surface area contributed by atoms with Gasteiger partial charge < -0.3 is 10.1 Å². The van der Waals surface area contributed by atoms with Crippen LogP contribution >= 0.6 is 0 Å². The SMILES string of the molecule is CCCCCCNC1(C)CCOCC1. The molecule has 1 N–H and O–H groups in total. The molecule has 0 radical (unpaired) electrons. The summed E-state index contributed by atoms with van der Waals surface area (Å²) < 4.78 is 5.37. The largest absolute Gasteiger partial charge is 0.381 e. The van der Waals surface area contributed by atoms with Crippen LogP contribution in [0.4, 0.5) is 0 Å². The summed E-state index contributed by atoms with van der Waals surface area (Å²) in [4.78, 5) is 0. The summed E-state index contributed by atoms with van der Waals surface area (Å²) in [5, 5.41) is 3.68. The van der Waals surface area contributed by atoms with Gasteiger partial charge in [-0.15, -0.1) is 0 Å². The van der Waals surface area contributed by atoms with Crippen molar-refractivity contribution in [2.75, 3.05) is 19.8 Å². The van der Waals surface area contributed by atoms with Crippen molar-refractivity contribution in [1.29, 1.82) is 0 Å². The maximum Gasteiger partial charge on any atom is 0.0483 e. The Morgan fingerprint density at radius 2 is 1.86 bits per heavy atom. The van der Waals surface area contributed by atoms with Crippen LogP contribution in [-0.4, -0.2) is 25.3 Å². The zero-order valence-electron chi connectivity index (χ0n) is 9.77. The summed E-state index contributed by atoms with van der Waals surface area (Å²) in [7, 11) is 0. The maximum atomic E-state index is 5.37. The van der Waals surface area contributed by atoms with Crippen LogP contribution in [0.25, 0.3) is 0 Å². The van der Waals surface area contributed by atoms with Crippen molar-refractivity contribution in [2.24, 2.45) is 0 Å². The summed E-state index contributed by atoms with van der Waals surface area (Å²) in [5.74, 6) is 0. The van der Waals surface area contributed by atoms with Gasteiger partial charge >= 0.3 is 0 Å². The number of hydrogen-bond donors (Lipinski definition) is 1. The molecule has 1 fully saturated rings. The van der Waals surface area contributed by atoms with Crippen LogP contribution in [0.1, 0.15) is 52.4 Å². The lowest BCUT2D eigenvalue weighted by molar-refractivity contribution is 0.0453. The first kappa shape index (κ1) is 12.0. The highest BCUT2D eigenvalue weighted by atomic mass is 16.5. The lowest BCUT2D eigenvalue weighted by Crippen LogP contribution is -2.47. The van der Waals surface area contributed by atoms with Crippen molar-refractivity contribution in [2.45, 2.75) is 57.9 Å². The van der Waals surface area contributed by atoms with Crippen molar-refractivity contribution in [3.05, 3.63) is 0 Å². The molecule has 2 nitrogen and oxygen atoms in total. The average Bonchev–Trinajstić information content (AvgIpc) is 2.18. The summed E-state index contributed by atoms with van der Waals surface area (Å²) in [6, 6.07) is 0. The van der Waals surface area contributed by atoms with Gasteiger partial charge in [0.1, 0.15) is 0 Å². The second-order valence-corrected chi connectivity index (χ2v) is 4.66. The third kappa shape index (κ3) is 4.43. The fourth-order valence-electron chi connectivity index (χ4n) is 1.94. The molecule has 0 spiro atoms. The Bertz CT molecular complexity index is 141. The minimum absolute atomic E-state index is 0.352. The third-order valence-electron chi connectivity index (χ3n) is 3.18. The molecule has 0 bridgehead atoms. The fourth-order valence-corrected chi connectivity index (χ4v) is 1.94. The predicted octanol–water partition coefficient (Wildman–Crippen LogP) is 2.73. The van der Waals surface area contributed by atoms with Gasteiger partial charge in [-0.2, -0.15) is 0 Å². The van der Waals surface area contributed by atoms with E-state index in [9.17, 15) is 0 Å². The third-order valence-corrected chi connectivity index (χ3v) is 3.18. The highest BCUT2D eigenvalue weighted by Crippen LogP contribution is 2.19. The molecular weight excluding hydrogens is 174 g/mol. The topological polar surface area (TPSA) is 21.3 Å². The molecule has 2 heteroatoms. The van der Waals surface area contributed by atoms with E-state index < -0.39 is 0 Å². The number of rotatable bonds is 6. The molecule has 1 heterocycles. The number of nitrogens with one attached hydrogen (secondary N) is 1. The molecule has 1 aliphatic heterocycles. The van der Waals surface area contributed by atoms with Crippen molar-refractivity contribution in [3.8, 4) is 0 Å². The normalized spacial score (nSPS) is 21.0. The molecule has 0 unspecified atom stereocenters. The van der Waals surface area contributed by atoms with E-state index in [1.54, 1.807) is 0 Å². The molecule has 1 saturated heterocycles. The molecule has 1 aliphatic rings. The van der Waals surface area contributed by atoms with Crippen LogP contribution in [0, 0.1) is 0 Å². The van der Waals surface area contributed by atoms with E-state index in [4.69, 9.17) is 4.74 Å². The van der Waals surface area contributed by atoms with E-state index in [2.05, 4.69) is 19.2 Å². The fraction of sp³-hybridized carbons (Fsp3) is 1.00. The molecule has 0 saturated carbocycles. The second kappa shape index (κ2) is 6.41. The summed E-state index contributed by atoms with van der Waals surface area (Å²) in [5.41, 5.74) is 0.352. The molecule has 0 aromatic rings. The Morgan fingerprint density at radius 1 is 1.14 bits per heavy atom. The van der Waals surface area contributed by atoms with Gasteiger partial charge in [0.15, 0.2) is 0 Å². The predicted molar refractivity (Wildman–Crippen MR) is 60.6 cm³/mol. The first-order chi connectivity index (χ1) is 6.77. The Balaban J connectivity index is 2.03. The summed E-state index contributed by atoms with van der Waals surface area (Å²) in [6.45, 7) is 7.62. The van der Waals surface area contributed by atoms with Crippen molar-refractivity contribution in [3.63, 3.8) is 0 Å². The van der Waals surface area contributed by atoms with Crippen LogP contribution in [0.2, 0.25) is 0 Å². The van der Waals surface area contributed by atoms with E-state index in [0.29, 0.717) is 5.54 Å². The van der Waals surface area contributed by atoms with Crippen molar-refractivity contribution < 1.29 is 4.74 Å². The highest BCUT2D eigenvalue weighted by molar-refractivity contribution is 4.84. The van der Waals surface area contributed by atoms with Gasteiger partial charge in [0, 0.05) is 18.8 Å². The lowest BCUT2D eigenvalue weighted by Gasteiger charge is -2.34. The maximum absolute atomic E-state index is 5.37. The van der Waals surface area contributed by atoms with Crippen LogP contribution in [0.3, 0.4) is 0 Å². The van der Waals surface area contributed by atoms with Gasteiger partial charge in [-0.1, -0.05) is 26.2 Å². The number of unbranched alkanes of at least 4 members (excludes halogenated alkanes) is 3. The zero-order valence-corrected chi connectivity index (χ0v) is 9.77. The molecule has 0 aliphatic carbocycles. The Hall–Kier alpha value is -0.0800. The number of hydrogen-bond acceptors (Lipinski definition) is 2. The van der Waals surface area contributed by atoms with Crippen molar-refractivity contribution >= 4 is 0 Å². The monoisotopic (exact) mass is 199 g/mol. The van der Waals surface area contributed by atoms with E-state index in [1.807, 2.05) is 0 Å². The Morgan fingerprint density at radius 3 is 2.50 bits per heavy atom. The van der Waals surface area contributed by atoms with Crippen LogP contribution in [-0.2, 0) is 4.74 Å². The van der Waals surface area contributed by atoms with Gasteiger partial charge in [0.2, 0.25) is 0 Å². The standard InChI is InChI=1S/C12H25NO/c1-3-4-5-6-9-13-12(2)7-10-14-11-8-12/h13H,3-11H2,1-2H3. The quantitative estimate of drug-likeness (QED) is 0.664. The molecular formula is C12H25NO. The van der Waals surface area contributed by atoms with E-state index in [-0.39, 0.29) is 0 Å². The summed E-state index contributed by atoms with van der Waals surface area (Å²) >= 11 is 0. The van der Waals surface area contributed by atoms with E-state index in [0.717, 1.165) is 13.2 Å². The first-order valence-electron chi connectivity index (χ1n) is 6.10. The van der Waals surface area contributed by atoms with Gasteiger partial charge in [0.05, 0.1) is 0 Å². The van der Waals surface area contributed by atoms with Gasteiger partial charge in [0.25, 0.3) is 0 Å². The first-order valence-corrected chi connectivity index (χ1v) is 6.10. The van der Waals surface area contributed by atoms with E-state index in [1.165, 1.54) is 45.1 Å². The Labute approximate surface area is 88.4 Å². The zero-order chi connectivity index (χ0) is 10.3. The average molecular weight is 199 g/mol. The minimum Gasteiger partial charge on any atom is -0.381 e. The Kier molecular flexibility index (Phi) is 5.49. The van der Waals surface area contributed by atoms with Crippen LogP contribution in [0.15, 0.2) is 0 Å². The lowest BCUT2D eigenvalue weighted by atomic mass is 9.92. The molecule has 0 aromatic heterocycles. The summed E-state index contributed by atoms with van der Waals surface area (Å²) in [6.07, 6.45) is 7.73. The van der Waals surface area contributed by atoms with E-state index >= 15 is 0 Å². The van der Waals surface area contributed by atoms with Gasteiger partial charge in [-0.25, -0.2) is 0 Å². The second-order valence-electron chi connectivity index (χ2n) is 4.66. The minimum atomic E-state index is 0.352. The highest BCUT2D eigenvalue weighted by Gasteiger charge is 2.25. The smallest absolute Gasteiger partial charge is 0.0483 e. The molecule has 1 rings (SSSR count). The van der Waals surface area contributed by atoms with Gasteiger partial charge in [-0.3, -0.25) is 0 Å². The molecule has 0 aromatic carbocycles. The number of ether oxygens (including phenoxy) is 1. The molecule has 14 heavy (non-hydrogen) atoms. The molecule has 0 amide bonds. The molecule has 84 valence electrons.